The number of fused-ring (bicyclic) bond motifs is 1. The second-order valence-electron chi connectivity index (χ2n) is 6.29. The summed E-state index contributed by atoms with van der Waals surface area (Å²) in [7, 11) is 0. The van der Waals surface area contributed by atoms with E-state index in [1.54, 1.807) is 18.2 Å². The molecule has 3 rings (SSSR count). The molecule has 1 aromatic heterocycles. The number of ether oxygens (including phenoxy) is 1. The lowest BCUT2D eigenvalue weighted by Crippen LogP contribution is -2.12. The van der Waals surface area contributed by atoms with Crippen LogP contribution in [0.1, 0.15) is 47.9 Å². The highest BCUT2D eigenvalue weighted by atomic mass is 19.3. The molecule has 0 atom stereocenters. The summed E-state index contributed by atoms with van der Waals surface area (Å²) >= 11 is 0. The molecule has 27 heavy (non-hydrogen) atoms. The molecule has 142 valence electrons. The number of unbranched alkanes of at least 4 members (excludes halogenated alkanes) is 1. The highest BCUT2D eigenvalue weighted by Gasteiger charge is 2.15. The number of carbonyl (C=O) groups excluding carboxylic acids is 1. The van der Waals surface area contributed by atoms with Crippen LogP contribution in [-0.4, -0.2) is 22.5 Å². The third-order valence-corrected chi connectivity index (χ3v) is 4.18. The minimum absolute atomic E-state index is 0.326. The van der Waals surface area contributed by atoms with E-state index in [0.717, 1.165) is 24.2 Å². The lowest BCUT2D eigenvalue weighted by atomic mass is 10.1. The highest BCUT2D eigenvalue weighted by Crippen LogP contribution is 2.24. The quantitative estimate of drug-likeness (QED) is 0.557. The lowest BCUT2D eigenvalue weighted by molar-refractivity contribution is 0.102. The first-order valence-corrected chi connectivity index (χ1v) is 8.80. The standard InChI is InChI=1S/C20H21F2N3O2/c1-3-4-9-27-14-6-8-15(12(2)10-14)25-20(26)13-5-7-16-17(11-13)24-19(23-16)18(21)22/h5-8,10-11,18H,3-4,9H2,1-2H3,(H,23,24)(H,25,26). The summed E-state index contributed by atoms with van der Waals surface area (Å²) in [6.07, 6.45) is -0.636. The molecule has 5 nitrogen and oxygen atoms in total. The first-order chi connectivity index (χ1) is 13.0. The van der Waals surface area contributed by atoms with Gasteiger partial charge in [0, 0.05) is 11.3 Å². The topological polar surface area (TPSA) is 67.0 Å². The van der Waals surface area contributed by atoms with E-state index in [4.69, 9.17) is 4.74 Å². The molecule has 0 radical (unpaired) electrons. The van der Waals surface area contributed by atoms with Gasteiger partial charge in [-0.15, -0.1) is 0 Å². The number of imidazole rings is 1. The summed E-state index contributed by atoms with van der Waals surface area (Å²) < 4.78 is 31.1. The molecular formula is C20H21F2N3O2. The Morgan fingerprint density at radius 1 is 1.26 bits per heavy atom. The zero-order valence-corrected chi connectivity index (χ0v) is 15.2. The normalized spacial score (nSPS) is 11.1. The van der Waals surface area contributed by atoms with E-state index in [1.807, 2.05) is 19.1 Å². The van der Waals surface area contributed by atoms with Gasteiger partial charge in [0.1, 0.15) is 5.75 Å². The fraction of sp³-hybridized carbons (Fsp3) is 0.300. The number of rotatable bonds is 7. The molecule has 0 fully saturated rings. The van der Waals surface area contributed by atoms with Gasteiger partial charge >= 0.3 is 0 Å². The van der Waals surface area contributed by atoms with Crippen LogP contribution in [0.5, 0.6) is 5.75 Å². The molecule has 0 saturated carbocycles. The molecule has 0 bridgehead atoms. The number of nitrogens with zero attached hydrogens (tertiary/aromatic N) is 1. The number of anilines is 1. The van der Waals surface area contributed by atoms with E-state index >= 15 is 0 Å². The molecule has 7 heteroatoms. The van der Waals surface area contributed by atoms with Gasteiger partial charge < -0.3 is 15.0 Å². The number of hydrogen-bond acceptors (Lipinski definition) is 3. The van der Waals surface area contributed by atoms with Crippen molar-refractivity contribution in [1.82, 2.24) is 9.97 Å². The molecule has 1 amide bonds. The smallest absolute Gasteiger partial charge is 0.295 e. The molecule has 2 N–H and O–H groups in total. The molecular weight excluding hydrogens is 352 g/mol. The van der Waals surface area contributed by atoms with Gasteiger partial charge in [0.25, 0.3) is 12.3 Å². The maximum atomic E-state index is 12.7. The van der Waals surface area contributed by atoms with Crippen LogP contribution in [0.15, 0.2) is 36.4 Å². The molecule has 0 unspecified atom stereocenters. The summed E-state index contributed by atoms with van der Waals surface area (Å²) in [6, 6.07) is 10.1. The fourth-order valence-electron chi connectivity index (χ4n) is 2.67. The Kier molecular flexibility index (Phi) is 5.69. The van der Waals surface area contributed by atoms with E-state index in [0.29, 0.717) is 28.9 Å². The van der Waals surface area contributed by atoms with Crippen molar-refractivity contribution >= 4 is 22.6 Å². The molecule has 0 aliphatic carbocycles. The van der Waals surface area contributed by atoms with Crippen molar-refractivity contribution in [2.24, 2.45) is 0 Å². The Morgan fingerprint density at radius 2 is 2.07 bits per heavy atom. The van der Waals surface area contributed by atoms with Gasteiger partial charge in [-0.2, -0.15) is 0 Å². The Morgan fingerprint density at radius 3 is 2.78 bits per heavy atom. The number of aryl methyl sites for hydroxylation is 1. The molecule has 0 aliphatic heterocycles. The highest BCUT2D eigenvalue weighted by molar-refractivity contribution is 6.06. The number of alkyl halides is 2. The van der Waals surface area contributed by atoms with E-state index in [-0.39, 0.29) is 5.91 Å². The van der Waals surface area contributed by atoms with Crippen LogP contribution in [0.25, 0.3) is 11.0 Å². The second-order valence-corrected chi connectivity index (χ2v) is 6.29. The van der Waals surface area contributed by atoms with Crippen molar-refractivity contribution in [3.05, 3.63) is 53.3 Å². The third-order valence-electron chi connectivity index (χ3n) is 4.18. The lowest BCUT2D eigenvalue weighted by Gasteiger charge is -2.11. The van der Waals surface area contributed by atoms with E-state index in [2.05, 4.69) is 22.2 Å². The maximum absolute atomic E-state index is 12.7. The van der Waals surface area contributed by atoms with Crippen LogP contribution in [0.2, 0.25) is 0 Å². The Hall–Kier alpha value is -2.96. The zero-order valence-electron chi connectivity index (χ0n) is 15.2. The van der Waals surface area contributed by atoms with Crippen LogP contribution in [0.4, 0.5) is 14.5 Å². The van der Waals surface area contributed by atoms with Gasteiger partial charge in [-0.25, -0.2) is 13.8 Å². The molecule has 0 spiro atoms. The van der Waals surface area contributed by atoms with Crippen LogP contribution < -0.4 is 10.1 Å². The Bertz CT molecular complexity index is 954. The molecule has 0 saturated heterocycles. The van der Waals surface area contributed by atoms with Crippen molar-refractivity contribution in [3.8, 4) is 5.75 Å². The van der Waals surface area contributed by atoms with E-state index in [9.17, 15) is 13.6 Å². The molecule has 3 aromatic rings. The average molecular weight is 373 g/mol. The predicted octanol–water partition coefficient (Wildman–Crippen LogP) is 5.24. The minimum atomic E-state index is -2.68. The summed E-state index contributed by atoms with van der Waals surface area (Å²) in [4.78, 5) is 18.9. The van der Waals surface area contributed by atoms with Crippen molar-refractivity contribution in [3.63, 3.8) is 0 Å². The molecule has 2 aromatic carbocycles. The predicted molar refractivity (Wildman–Crippen MR) is 101 cm³/mol. The number of H-pyrrole nitrogens is 1. The SMILES string of the molecule is CCCCOc1ccc(NC(=O)c2ccc3nc(C(F)F)[nH]c3c2)c(C)c1. The second kappa shape index (κ2) is 8.16. The minimum Gasteiger partial charge on any atom is -0.494 e. The number of amides is 1. The number of benzene rings is 2. The Balaban J connectivity index is 1.73. The van der Waals surface area contributed by atoms with E-state index < -0.39 is 12.2 Å². The molecule has 0 aliphatic rings. The number of hydrogen-bond donors (Lipinski definition) is 2. The van der Waals surface area contributed by atoms with Gasteiger partial charge in [0.15, 0.2) is 5.82 Å². The number of aromatic nitrogens is 2. The summed E-state index contributed by atoms with van der Waals surface area (Å²) in [5.41, 5.74) is 2.69. The van der Waals surface area contributed by atoms with Gasteiger partial charge in [0.2, 0.25) is 0 Å². The number of aromatic amines is 1. The number of halogens is 2. The first kappa shape index (κ1) is 18.8. The maximum Gasteiger partial charge on any atom is 0.295 e. The monoisotopic (exact) mass is 373 g/mol. The fourth-order valence-corrected chi connectivity index (χ4v) is 2.67. The Labute approximate surface area is 155 Å². The third kappa shape index (κ3) is 4.42. The van der Waals surface area contributed by atoms with Gasteiger partial charge in [0.05, 0.1) is 17.6 Å². The summed E-state index contributed by atoms with van der Waals surface area (Å²) in [5, 5.41) is 2.84. The van der Waals surface area contributed by atoms with Crippen LogP contribution >= 0.6 is 0 Å². The van der Waals surface area contributed by atoms with Gasteiger partial charge in [-0.05, 0) is 55.3 Å². The molecule has 1 heterocycles. The van der Waals surface area contributed by atoms with Crippen molar-refractivity contribution in [2.45, 2.75) is 33.1 Å². The van der Waals surface area contributed by atoms with E-state index in [1.165, 1.54) is 6.07 Å². The number of nitrogens with one attached hydrogen (secondary N) is 2. The largest absolute Gasteiger partial charge is 0.494 e. The first-order valence-electron chi connectivity index (χ1n) is 8.80. The van der Waals surface area contributed by atoms with Crippen LogP contribution in [0.3, 0.4) is 0 Å². The summed E-state index contributed by atoms with van der Waals surface area (Å²) in [6.45, 7) is 4.64. The van der Waals surface area contributed by atoms with Crippen molar-refractivity contribution < 1.29 is 18.3 Å². The van der Waals surface area contributed by atoms with Crippen molar-refractivity contribution in [1.29, 1.82) is 0 Å². The van der Waals surface area contributed by atoms with Crippen LogP contribution in [0, 0.1) is 6.92 Å². The summed E-state index contributed by atoms with van der Waals surface area (Å²) in [5.74, 6) is 0.0299. The average Bonchev–Trinajstić information content (AvgIpc) is 3.07. The van der Waals surface area contributed by atoms with Crippen molar-refractivity contribution in [2.75, 3.05) is 11.9 Å². The zero-order chi connectivity index (χ0) is 19.4. The van der Waals surface area contributed by atoms with Crippen LogP contribution in [-0.2, 0) is 0 Å². The number of carbonyl (C=O) groups is 1. The van der Waals surface area contributed by atoms with Gasteiger partial charge in [-0.1, -0.05) is 13.3 Å². The van der Waals surface area contributed by atoms with Gasteiger partial charge in [-0.3, -0.25) is 4.79 Å².